The molecule has 0 saturated carbocycles. The van der Waals surface area contributed by atoms with Gasteiger partial charge in [-0.1, -0.05) is 0 Å². The van der Waals surface area contributed by atoms with Crippen LogP contribution in [0.1, 0.15) is 22.2 Å². The van der Waals surface area contributed by atoms with Crippen molar-refractivity contribution in [1.82, 2.24) is 4.90 Å². The van der Waals surface area contributed by atoms with Crippen molar-refractivity contribution in [3.05, 3.63) is 47.9 Å². The standard InChI is InChI=1S/C18H21NO6/c1-22-14-5-4-13(11-16(14)25-10-7-20)18(21)19-6-9-24-17(12-19)15-3-2-8-23-15/h2-5,8,11,17,20H,6-7,9-10,12H2,1H3/t17-/m1/s1. The Morgan fingerprint density at radius 3 is 2.96 bits per heavy atom. The fourth-order valence-corrected chi connectivity index (χ4v) is 2.74. The first-order valence-electron chi connectivity index (χ1n) is 8.09. The van der Waals surface area contributed by atoms with Gasteiger partial charge in [-0.15, -0.1) is 0 Å². The van der Waals surface area contributed by atoms with Crippen LogP contribution >= 0.6 is 0 Å². The van der Waals surface area contributed by atoms with E-state index in [0.29, 0.717) is 42.5 Å². The molecule has 0 radical (unpaired) electrons. The minimum Gasteiger partial charge on any atom is -0.493 e. The summed E-state index contributed by atoms with van der Waals surface area (Å²) in [6.45, 7) is 1.39. The highest BCUT2D eigenvalue weighted by atomic mass is 16.5. The molecular weight excluding hydrogens is 326 g/mol. The SMILES string of the molecule is COc1ccc(C(=O)N2CCO[C@@H](c3ccco3)C2)cc1OCCO. The molecular formula is C18H21NO6. The maximum absolute atomic E-state index is 12.8. The van der Waals surface area contributed by atoms with Crippen molar-refractivity contribution in [3.63, 3.8) is 0 Å². The monoisotopic (exact) mass is 347 g/mol. The first-order chi connectivity index (χ1) is 12.2. The van der Waals surface area contributed by atoms with E-state index in [1.54, 1.807) is 35.4 Å². The molecule has 0 spiro atoms. The van der Waals surface area contributed by atoms with E-state index < -0.39 is 0 Å². The zero-order chi connectivity index (χ0) is 17.6. The fourth-order valence-electron chi connectivity index (χ4n) is 2.74. The quantitative estimate of drug-likeness (QED) is 0.859. The average molecular weight is 347 g/mol. The molecule has 0 aliphatic carbocycles. The lowest BCUT2D eigenvalue weighted by atomic mass is 10.1. The van der Waals surface area contributed by atoms with Crippen molar-refractivity contribution < 1.29 is 28.5 Å². The van der Waals surface area contributed by atoms with Gasteiger partial charge in [-0.2, -0.15) is 0 Å². The normalized spacial score (nSPS) is 17.4. The molecule has 7 heteroatoms. The van der Waals surface area contributed by atoms with Gasteiger partial charge in [0.05, 0.1) is 33.1 Å². The molecule has 25 heavy (non-hydrogen) atoms. The summed E-state index contributed by atoms with van der Waals surface area (Å²) in [7, 11) is 1.53. The number of carbonyl (C=O) groups is 1. The summed E-state index contributed by atoms with van der Waals surface area (Å²) in [5, 5.41) is 8.93. The Kier molecular flexibility index (Phi) is 5.57. The molecule has 1 atom stereocenters. The smallest absolute Gasteiger partial charge is 0.254 e. The van der Waals surface area contributed by atoms with Gasteiger partial charge in [0.15, 0.2) is 11.5 Å². The van der Waals surface area contributed by atoms with Crippen LogP contribution in [0.4, 0.5) is 0 Å². The number of carbonyl (C=O) groups excluding carboxylic acids is 1. The van der Waals surface area contributed by atoms with Gasteiger partial charge in [0.1, 0.15) is 18.5 Å². The molecule has 1 saturated heterocycles. The largest absolute Gasteiger partial charge is 0.493 e. The van der Waals surface area contributed by atoms with Crippen molar-refractivity contribution in [2.45, 2.75) is 6.10 Å². The Bertz CT molecular complexity index is 700. The van der Waals surface area contributed by atoms with E-state index in [-0.39, 0.29) is 25.2 Å². The number of rotatable bonds is 6. The lowest BCUT2D eigenvalue weighted by Crippen LogP contribution is -2.42. The van der Waals surface area contributed by atoms with Crippen molar-refractivity contribution in [2.24, 2.45) is 0 Å². The van der Waals surface area contributed by atoms with E-state index in [0.717, 1.165) is 0 Å². The maximum atomic E-state index is 12.8. The van der Waals surface area contributed by atoms with Crippen LogP contribution in [0.3, 0.4) is 0 Å². The number of nitrogens with zero attached hydrogens (tertiary/aromatic N) is 1. The first-order valence-corrected chi connectivity index (χ1v) is 8.09. The predicted octanol–water partition coefficient (Wildman–Crippen LogP) is 1.87. The van der Waals surface area contributed by atoms with Gasteiger partial charge < -0.3 is 28.6 Å². The third-order valence-electron chi connectivity index (χ3n) is 3.97. The molecule has 0 unspecified atom stereocenters. The zero-order valence-electron chi connectivity index (χ0n) is 14.0. The number of furan rings is 1. The van der Waals surface area contributed by atoms with Crippen LogP contribution < -0.4 is 9.47 Å². The number of hydrogen-bond acceptors (Lipinski definition) is 6. The summed E-state index contributed by atoms with van der Waals surface area (Å²) in [5.41, 5.74) is 0.494. The summed E-state index contributed by atoms with van der Waals surface area (Å²) in [5.74, 6) is 1.54. The third kappa shape index (κ3) is 3.94. The van der Waals surface area contributed by atoms with E-state index in [1.807, 2.05) is 6.07 Å². The van der Waals surface area contributed by atoms with Crippen LogP contribution in [0.2, 0.25) is 0 Å². The van der Waals surface area contributed by atoms with Gasteiger partial charge in [-0.3, -0.25) is 4.79 Å². The number of amides is 1. The summed E-state index contributed by atoms with van der Waals surface area (Å²) in [4.78, 5) is 14.6. The van der Waals surface area contributed by atoms with Gasteiger partial charge in [0.2, 0.25) is 0 Å². The third-order valence-corrected chi connectivity index (χ3v) is 3.97. The number of benzene rings is 1. The highest BCUT2D eigenvalue weighted by Gasteiger charge is 2.28. The molecule has 134 valence electrons. The second-order valence-corrected chi connectivity index (χ2v) is 5.56. The van der Waals surface area contributed by atoms with E-state index in [9.17, 15) is 4.79 Å². The minimum absolute atomic E-state index is 0.114. The molecule has 1 N–H and O–H groups in total. The van der Waals surface area contributed by atoms with Crippen LogP contribution in [0.5, 0.6) is 11.5 Å². The molecule has 7 nitrogen and oxygen atoms in total. The molecule has 0 bridgehead atoms. The van der Waals surface area contributed by atoms with Gasteiger partial charge in [-0.05, 0) is 30.3 Å². The second kappa shape index (κ2) is 8.04. The molecule has 1 aromatic heterocycles. The molecule has 1 fully saturated rings. The van der Waals surface area contributed by atoms with E-state index in [1.165, 1.54) is 7.11 Å². The Hall–Kier alpha value is -2.51. The van der Waals surface area contributed by atoms with Crippen LogP contribution in [0.15, 0.2) is 41.0 Å². The number of ether oxygens (including phenoxy) is 3. The first kappa shape index (κ1) is 17.3. The highest BCUT2D eigenvalue weighted by Crippen LogP contribution is 2.29. The summed E-state index contributed by atoms with van der Waals surface area (Å²) < 4.78 is 21.7. The van der Waals surface area contributed by atoms with Crippen LogP contribution in [-0.2, 0) is 4.74 Å². The molecule has 2 aromatic rings. The fraction of sp³-hybridized carbons (Fsp3) is 0.389. The topological polar surface area (TPSA) is 81.4 Å². The van der Waals surface area contributed by atoms with Crippen molar-refractivity contribution >= 4 is 5.91 Å². The lowest BCUT2D eigenvalue weighted by molar-refractivity contribution is -0.0321. The molecule has 1 aliphatic rings. The predicted molar refractivity (Wildman–Crippen MR) is 88.9 cm³/mol. The van der Waals surface area contributed by atoms with Crippen molar-refractivity contribution in [3.8, 4) is 11.5 Å². The number of aliphatic hydroxyl groups is 1. The van der Waals surface area contributed by atoms with Crippen LogP contribution in [-0.4, -0.2) is 55.9 Å². The molecule has 2 heterocycles. The Balaban J connectivity index is 1.75. The van der Waals surface area contributed by atoms with E-state index in [4.69, 9.17) is 23.7 Å². The summed E-state index contributed by atoms with van der Waals surface area (Å²) in [6.07, 6.45) is 1.32. The molecule has 1 aromatic carbocycles. The second-order valence-electron chi connectivity index (χ2n) is 5.56. The van der Waals surface area contributed by atoms with Gasteiger partial charge in [0, 0.05) is 12.1 Å². The molecule has 1 aliphatic heterocycles. The van der Waals surface area contributed by atoms with Crippen molar-refractivity contribution in [1.29, 1.82) is 0 Å². The Morgan fingerprint density at radius 2 is 2.24 bits per heavy atom. The van der Waals surface area contributed by atoms with Crippen LogP contribution in [0.25, 0.3) is 0 Å². The highest BCUT2D eigenvalue weighted by molar-refractivity contribution is 5.95. The minimum atomic E-state index is -0.268. The van der Waals surface area contributed by atoms with Crippen molar-refractivity contribution in [2.75, 3.05) is 40.0 Å². The average Bonchev–Trinajstić information content (AvgIpc) is 3.20. The zero-order valence-corrected chi connectivity index (χ0v) is 14.0. The molecule has 1 amide bonds. The Morgan fingerprint density at radius 1 is 1.36 bits per heavy atom. The number of methoxy groups -OCH3 is 1. The number of morpholine rings is 1. The van der Waals surface area contributed by atoms with Gasteiger partial charge >= 0.3 is 0 Å². The number of hydrogen-bond donors (Lipinski definition) is 1. The number of aliphatic hydroxyl groups excluding tert-OH is 1. The van der Waals surface area contributed by atoms with Crippen LogP contribution in [0, 0.1) is 0 Å². The Labute approximate surface area is 145 Å². The summed E-state index contributed by atoms with van der Waals surface area (Å²) >= 11 is 0. The summed E-state index contributed by atoms with van der Waals surface area (Å²) in [6, 6.07) is 8.66. The maximum Gasteiger partial charge on any atom is 0.254 e. The lowest BCUT2D eigenvalue weighted by Gasteiger charge is -2.32. The molecule has 3 rings (SSSR count). The van der Waals surface area contributed by atoms with E-state index >= 15 is 0 Å². The van der Waals surface area contributed by atoms with Gasteiger partial charge in [-0.25, -0.2) is 0 Å². The van der Waals surface area contributed by atoms with E-state index in [2.05, 4.69) is 0 Å². The van der Waals surface area contributed by atoms with Gasteiger partial charge in [0.25, 0.3) is 5.91 Å².